The van der Waals surface area contributed by atoms with Crippen LogP contribution in [0, 0.1) is 20.8 Å². The fourth-order valence-electron chi connectivity index (χ4n) is 2.06. The quantitative estimate of drug-likeness (QED) is 0.912. The Kier molecular flexibility index (Phi) is 4.17. The van der Waals surface area contributed by atoms with E-state index in [0.29, 0.717) is 16.4 Å². The molecule has 0 radical (unpaired) electrons. The second kappa shape index (κ2) is 5.55. The number of aryl methyl sites for hydroxylation is 3. The molecule has 0 atom stereocenters. The molecule has 0 spiro atoms. The summed E-state index contributed by atoms with van der Waals surface area (Å²) in [6.07, 6.45) is 0. The molecule has 0 saturated carbocycles. The molecule has 0 aliphatic heterocycles. The lowest BCUT2D eigenvalue weighted by Gasteiger charge is -2.08. The van der Waals surface area contributed by atoms with Crippen LogP contribution < -0.4 is 10.5 Å². The summed E-state index contributed by atoms with van der Waals surface area (Å²) in [5.41, 5.74) is 9.14. The van der Waals surface area contributed by atoms with E-state index in [2.05, 4.69) is 4.72 Å². The standard InChI is InChI=1S/C14H18N2O2S2/c1-9-4-10(2)6-12(5-9)16-20(17,18)14-7-11(3)13(8-15)19-14/h4-7,16H,8,15H2,1-3H3. The first-order valence-corrected chi connectivity index (χ1v) is 8.52. The average Bonchev–Trinajstić information content (AvgIpc) is 2.69. The summed E-state index contributed by atoms with van der Waals surface area (Å²) in [6, 6.07) is 7.29. The van der Waals surface area contributed by atoms with E-state index in [1.807, 2.05) is 39.0 Å². The van der Waals surface area contributed by atoms with Crippen LogP contribution in [0.3, 0.4) is 0 Å². The summed E-state index contributed by atoms with van der Waals surface area (Å²) < 4.78 is 27.7. The molecular weight excluding hydrogens is 292 g/mol. The van der Waals surface area contributed by atoms with Crippen LogP contribution in [0.15, 0.2) is 28.5 Å². The van der Waals surface area contributed by atoms with E-state index in [-0.39, 0.29) is 0 Å². The van der Waals surface area contributed by atoms with Crippen molar-refractivity contribution < 1.29 is 8.42 Å². The predicted molar refractivity (Wildman–Crippen MR) is 83.7 cm³/mol. The second-order valence-electron chi connectivity index (χ2n) is 4.86. The maximum absolute atomic E-state index is 12.4. The van der Waals surface area contributed by atoms with E-state index in [1.54, 1.807) is 6.07 Å². The highest BCUT2D eigenvalue weighted by atomic mass is 32.2. The molecule has 1 aromatic carbocycles. The third kappa shape index (κ3) is 3.20. The second-order valence-corrected chi connectivity index (χ2v) is 7.90. The third-order valence-corrected chi connectivity index (χ3v) is 6.04. The molecule has 1 aromatic heterocycles. The zero-order valence-corrected chi connectivity index (χ0v) is 13.4. The summed E-state index contributed by atoms with van der Waals surface area (Å²) in [5, 5.41) is 0. The molecule has 4 nitrogen and oxygen atoms in total. The number of sulfonamides is 1. The Labute approximate surface area is 123 Å². The molecule has 0 unspecified atom stereocenters. The molecule has 2 rings (SSSR count). The number of rotatable bonds is 4. The number of hydrogen-bond donors (Lipinski definition) is 2. The zero-order chi connectivity index (χ0) is 14.9. The molecule has 0 aliphatic carbocycles. The molecule has 2 aromatic rings. The fourth-order valence-corrected chi connectivity index (χ4v) is 4.57. The van der Waals surface area contributed by atoms with E-state index in [1.165, 1.54) is 11.3 Å². The van der Waals surface area contributed by atoms with Gasteiger partial charge in [0, 0.05) is 17.1 Å². The third-order valence-electron chi connectivity index (χ3n) is 2.92. The predicted octanol–water partition coefficient (Wildman–Crippen LogP) is 2.93. The van der Waals surface area contributed by atoms with Crippen molar-refractivity contribution in [2.75, 3.05) is 4.72 Å². The molecular formula is C14H18N2O2S2. The summed E-state index contributed by atoms with van der Waals surface area (Å²) in [4.78, 5) is 0.894. The monoisotopic (exact) mass is 310 g/mol. The summed E-state index contributed by atoms with van der Waals surface area (Å²) >= 11 is 1.22. The number of nitrogens with one attached hydrogen (secondary N) is 1. The summed E-state index contributed by atoms with van der Waals surface area (Å²) in [5.74, 6) is 0. The van der Waals surface area contributed by atoms with Gasteiger partial charge in [-0.3, -0.25) is 4.72 Å². The largest absolute Gasteiger partial charge is 0.326 e. The van der Waals surface area contributed by atoms with Gasteiger partial charge in [0.15, 0.2) is 0 Å². The molecule has 108 valence electrons. The Bertz CT molecular complexity index is 713. The van der Waals surface area contributed by atoms with Crippen molar-refractivity contribution in [1.82, 2.24) is 0 Å². The molecule has 6 heteroatoms. The summed E-state index contributed by atoms with van der Waals surface area (Å²) in [6.45, 7) is 6.10. The Morgan fingerprint density at radius 2 is 1.70 bits per heavy atom. The molecule has 0 saturated heterocycles. The van der Waals surface area contributed by atoms with Crippen LogP contribution in [-0.2, 0) is 16.6 Å². The topological polar surface area (TPSA) is 72.2 Å². The average molecular weight is 310 g/mol. The van der Waals surface area contributed by atoms with Gasteiger partial charge >= 0.3 is 0 Å². The Morgan fingerprint density at radius 1 is 1.10 bits per heavy atom. The van der Waals surface area contributed by atoms with Crippen molar-refractivity contribution in [2.45, 2.75) is 31.5 Å². The first-order valence-electron chi connectivity index (χ1n) is 6.22. The van der Waals surface area contributed by atoms with E-state index in [0.717, 1.165) is 21.6 Å². The first-order chi connectivity index (χ1) is 9.31. The lowest BCUT2D eigenvalue weighted by atomic mass is 10.1. The van der Waals surface area contributed by atoms with Gasteiger partial charge in [0.2, 0.25) is 0 Å². The normalized spacial score (nSPS) is 11.6. The smallest absolute Gasteiger partial charge is 0.271 e. The van der Waals surface area contributed by atoms with E-state index in [9.17, 15) is 8.42 Å². The van der Waals surface area contributed by atoms with Crippen molar-refractivity contribution in [3.63, 3.8) is 0 Å². The molecule has 3 N–H and O–H groups in total. The van der Waals surface area contributed by atoms with Crippen LogP contribution in [0.25, 0.3) is 0 Å². The highest BCUT2D eigenvalue weighted by molar-refractivity contribution is 7.94. The number of hydrogen-bond acceptors (Lipinski definition) is 4. The van der Waals surface area contributed by atoms with Crippen LogP contribution >= 0.6 is 11.3 Å². The van der Waals surface area contributed by atoms with Gasteiger partial charge in [0.05, 0.1) is 0 Å². The lowest BCUT2D eigenvalue weighted by Crippen LogP contribution is -2.11. The van der Waals surface area contributed by atoms with Gasteiger partial charge in [0.1, 0.15) is 4.21 Å². The van der Waals surface area contributed by atoms with Crippen LogP contribution in [-0.4, -0.2) is 8.42 Å². The van der Waals surface area contributed by atoms with Crippen molar-refractivity contribution in [3.8, 4) is 0 Å². The molecule has 0 amide bonds. The van der Waals surface area contributed by atoms with E-state index >= 15 is 0 Å². The number of nitrogens with two attached hydrogens (primary N) is 1. The van der Waals surface area contributed by atoms with Crippen LogP contribution in [0.4, 0.5) is 5.69 Å². The molecule has 0 fully saturated rings. The van der Waals surface area contributed by atoms with Gasteiger partial charge in [0.25, 0.3) is 10.0 Å². The first kappa shape index (κ1) is 15.0. The lowest BCUT2D eigenvalue weighted by molar-refractivity contribution is 0.603. The minimum atomic E-state index is -3.55. The molecule has 0 bridgehead atoms. The van der Waals surface area contributed by atoms with Gasteiger partial charge in [-0.2, -0.15) is 0 Å². The molecule has 1 heterocycles. The number of anilines is 1. The Morgan fingerprint density at radius 3 is 2.20 bits per heavy atom. The summed E-state index contributed by atoms with van der Waals surface area (Å²) in [7, 11) is -3.55. The van der Waals surface area contributed by atoms with Crippen molar-refractivity contribution in [3.05, 3.63) is 45.8 Å². The van der Waals surface area contributed by atoms with Crippen LogP contribution in [0.1, 0.15) is 21.6 Å². The zero-order valence-electron chi connectivity index (χ0n) is 11.7. The maximum atomic E-state index is 12.4. The van der Waals surface area contributed by atoms with Gasteiger partial charge in [-0.25, -0.2) is 8.42 Å². The van der Waals surface area contributed by atoms with Crippen molar-refractivity contribution >= 4 is 27.0 Å². The fraction of sp³-hybridized carbons (Fsp3) is 0.286. The van der Waals surface area contributed by atoms with E-state index < -0.39 is 10.0 Å². The maximum Gasteiger partial charge on any atom is 0.271 e. The molecule has 20 heavy (non-hydrogen) atoms. The Balaban J connectivity index is 2.35. The van der Waals surface area contributed by atoms with Crippen LogP contribution in [0.5, 0.6) is 0 Å². The highest BCUT2D eigenvalue weighted by Crippen LogP contribution is 2.27. The Hall–Kier alpha value is -1.37. The van der Waals surface area contributed by atoms with Gasteiger partial charge in [-0.1, -0.05) is 6.07 Å². The van der Waals surface area contributed by atoms with Crippen LogP contribution in [0.2, 0.25) is 0 Å². The number of thiophene rings is 1. The van der Waals surface area contributed by atoms with Gasteiger partial charge in [-0.15, -0.1) is 11.3 Å². The minimum absolute atomic E-state index is 0.301. The van der Waals surface area contributed by atoms with Gasteiger partial charge in [-0.05, 0) is 55.7 Å². The van der Waals surface area contributed by atoms with Crippen molar-refractivity contribution in [2.24, 2.45) is 5.73 Å². The van der Waals surface area contributed by atoms with E-state index in [4.69, 9.17) is 5.73 Å². The van der Waals surface area contributed by atoms with Gasteiger partial charge < -0.3 is 5.73 Å². The number of benzene rings is 1. The minimum Gasteiger partial charge on any atom is -0.326 e. The molecule has 0 aliphatic rings. The SMILES string of the molecule is Cc1cc(C)cc(NS(=O)(=O)c2cc(C)c(CN)s2)c1. The highest BCUT2D eigenvalue weighted by Gasteiger charge is 2.18. The van der Waals surface area contributed by atoms with Crippen molar-refractivity contribution in [1.29, 1.82) is 0 Å².